The number of aryl methyl sites for hydroxylation is 3. The number of hydrogen-bond acceptors (Lipinski definition) is 4. The molecule has 4 nitrogen and oxygen atoms in total. The van der Waals surface area contributed by atoms with Crippen LogP contribution < -0.4 is 0 Å². The molecule has 1 aromatic heterocycles. The van der Waals surface area contributed by atoms with Gasteiger partial charge in [0.1, 0.15) is 5.82 Å². The number of Topliss-reactive ketones (excluding diaryl/α,β-unsaturated/α-hetero) is 1. The molecule has 5 heteroatoms. The molecule has 0 atom stereocenters. The van der Waals surface area contributed by atoms with E-state index in [9.17, 15) is 4.79 Å². The zero-order valence-electron chi connectivity index (χ0n) is 10.7. The lowest BCUT2D eigenvalue weighted by atomic mass is 10.0. The summed E-state index contributed by atoms with van der Waals surface area (Å²) >= 11 is 1.35. The van der Waals surface area contributed by atoms with Crippen LogP contribution in [-0.4, -0.2) is 26.7 Å². The molecule has 0 amide bonds. The van der Waals surface area contributed by atoms with Gasteiger partial charge in [-0.2, -0.15) is 0 Å². The first-order chi connectivity index (χ1) is 8.56. The van der Waals surface area contributed by atoms with Crippen LogP contribution in [0.25, 0.3) is 0 Å². The van der Waals surface area contributed by atoms with Gasteiger partial charge in [-0.15, -0.1) is 5.10 Å². The molecule has 18 heavy (non-hydrogen) atoms. The highest BCUT2D eigenvalue weighted by Crippen LogP contribution is 2.16. The van der Waals surface area contributed by atoms with E-state index < -0.39 is 0 Å². The van der Waals surface area contributed by atoms with E-state index in [2.05, 4.69) is 15.2 Å². The van der Waals surface area contributed by atoms with Crippen LogP contribution in [0.15, 0.2) is 23.4 Å². The number of H-pyrrole nitrogens is 1. The lowest BCUT2D eigenvalue weighted by molar-refractivity contribution is 0.102. The van der Waals surface area contributed by atoms with Crippen LogP contribution in [0.5, 0.6) is 0 Å². The first-order valence-corrected chi connectivity index (χ1v) is 6.67. The van der Waals surface area contributed by atoms with E-state index in [1.165, 1.54) is 17.3 Å². The van der Waals surface area contributed by atoms with Crippen molar-refractivity contribution < 1.29 is 4.79 Å². The fraction of sp³-hybridized carbons (Fsp3) is 0.308. The number of carbonyl (C=O) groups excluding carboxylic acids is 1. The molecule has 0 unspecified atom stereocenters. The Labute approximate surface area is 110 Å². The monoisotopic (exact) mass is 261 g/mol. The van der Waals surface area contributed by atoms with Gasteiger partial charge in [-0.3, -0.25) is 9.89 Å². The lowest BCUT2D eigenvalue weighted by Crippen LogP contribution is -2.03. The van der Waals surface area contributed by atoms with Crippen molar-refractivity contribution in [2.24, 2.45) is 0 Å². The van der Waals surface area contributed by atoms with Gasteiger partial charge in [0.2, 0.25) is 5.16 Å². The van der Waals surface area contributed by atoms with Crippen LogP contribution in [0.3, 0.4) is 0 Å². The van der Waals surface area contributed by atoms with Gasteiger partial charge in [0, 0.05) is 5.56 Å². The summed E-state index contributed by atoms with van der Waals surface area (Å²) in [6.07, 6.45) is 0. The summed E-state index contributed by atoms with van der Waals surface area (Å²) in [4.78, 5) is 16.2. The number of carbonyl (C=O) groups is 1. The molecule has 1 aromatic carbocycles. The van der Waals surface area contributed by atoms with Gasteiger partial charge in [-0.1, -0.05) is 23.9 Å². The summed E-state index contributed by atoms with van der Waals surface area (Å²) in [5, 5.41) is 7.36. The second-order valence-corrected chi connectivity index (χ2v) is 5.16. The third-order valence-electron chi connectivity index (χ3n) is 2.74. The molecule has 1 heterocycles. The molecule has 0 aliphatic heterocycles. The minimum absolute atomic E-state index is 0.102. The van der Waals surface area contributed by atoms with E-state index in [0.717, 1.165) is 17.0 Å². The Morgan fingerprint density at radius 3 is 2.67 bits per heavy atom. The molecule has 0 radical (unpaired) electrons. The van der Waals surface area contributed by atoms with E-state index in [1.54, 1.807) is 0 Å². The third kappa shape index (κ3) is 2.98. The second-order valence-electron chi connectivity index (χ2n) is 4.21. The van der Waals surface area contributed by atoms with Gasteiger partial charge in [-0.05, 0) is 38.0 Å². The van der Waals surface area contributed by atoms with E-state index in [0.29, 0.717) is 10.9 Å². The number of thioether (sulfide) groups is 1. The Bertz CT molecular complexity index is 577. The van der Waals surface area contributed by atoms with E-state index in [4.69, 9.17) is 0 Å². The molecule has 1 N–H and O–H groups in total. The van der Waals surface area contributed by atoms with Gasteiger partial charge in [0.05, 0.1) is 5.75 Å². The highest BCUT2D eigenvalue weighted by molar-refractivity contribution is 7.99. The fourth-order valence-electron chi connectivity index (χ4n) is 1.52. The van der Waals surface area contributed by atoms with E-state index in [-0.39, 0.29) is 5.78 Å². The lowest BCUT2D eigenvalue weighted by Gasteiger charge is -2.03. The fourth-order valence-corrected chi connectivity index (χ4v) is 2.25. The van der Waals surface area contributed by atoms with Crippen molar-refractivity contribution in [2.75, 3.05) is 5.75 Å². The smallest absolute Gasteiger partial charge is 0.208 e. The first kappa shape index (κ1) is 12.8. The molecule has 2 aromatic rings. The number of aromatic nitrogens is 3. The van der Waals surface area contributed by atoms with Crippen molar-refractivity contribution in [2.45, 2.75) is 25.9 Å². The van der Waals surface area contributed by atoms with Crippen molar-refractivity contribution in [1.82, 2.24) is 15.2 Å². The Kier molecular flexibility index (Phi) is 3.81. The van der Waals surface area contributed by atoms with Gasteiger partial charge >= 0.3 is 0 Å². The van der Waals surface area contributed by atoms with Crippen molar-refractivity contribution in [3.05, 3.63) is 40.7 Å². The van der Waals surface area contributed by atoms with Gasteiger partial charge in [0.15, 0.2) is 5.78 Å². The maximum Gasteiger partial charge on any atom is 0.208 e. The number of aromatic amines is 1. The number of rotatable bonds is 4. The van der Waals surface area contributed by atoms with Crippen molar-refractivity contribution in [3.63, 3.8) is 0 Å². The zero-order chi connectivity index (χ0) is 13.1. The van der Waals surface area contributed by atoms with Crippen molar-refractivity contribution in [3.8, 4) is 0 Å². The Balaban J connectivity index is 2.01. The molecule has 0 aliphatic carbocycles. The van der Waals surface area contributed by atoms with Gasteiger partial charge in [0.25, 0.3) is 0 Å². The number of nitrogens with zero attached hydrogens (tertiary/aromatic N) is 2. The standard InChI is InChI=1S/C13H15N3OS/c1-8-4-5-11(6-9(8)2)12(17)7-18-13-14-10(3)15-16-13/h4-6H,7H2,1-3H3,(H,14,15,16). The zero-order valence-corrected chi connectivity index (χ0v) is 11.5. The number of benzene rings is 1. The molecule has 0 saturated carbocycles. The molecule has 0 saturated heterocycles. The maximum atomic E-state index is 12.0. The predicted octanol–water partition coefficient (Wildman–Crippen LogP) is 2.70. The molecular weight excluding hydrogens is 246 g/mol. The number of nitrogens with one attached hydrogen (secondary N) is 1. The predicted molar refractivity (Wildman–Crippen MR) is 72.1 cm³/mol. The van der Waals surface area contributed by atoms with E-state index >= 15 is 0 Å². The van der Waals surface area contributed by atoms with Crippen LogP contribution in [-0.2, 0) is 0 Å². The summed E-state index contributed by atoms with van der Waals surface area (Å²) < 4.78 is 0. The van der Waals surface area contributed by atoms with Crippen LogP contribution in [0.1, 0.15) is 27.3 Å². The molecule has 0 fully saturated rings. The second kappa shape index (κ2) is 5.35. The van der Waals surface area contributed by atoms with Crippen molar-refractivity contribution >= 4 is 17.5 Å². The molecule has 0 spiro atoms. The molecule has 0 aliphatic rings. The Morgan fingerprint density at radius 1 is 1.28 bits per heavy atom. The number of ketones is 1. The Hall–Kier alpha value is -1.62. The molecule has 94 valence electrons. The Morgan fingerprint density at radius 2 is 2.06 bits per heavy atom. The first-order valence-electron chi connectivity index (χ1n) is 5.68. The molecule has 0 bridgehead atoms. The molecule has 2 rings (SSSR count). The minimum Gasteiger partial charge on any atom is -0.293 e. The topological polar surface area (TPSA) is 58.6 Å². The van der Waals surface area contributed by atoms with Crippen LogP contribution in [0, 0.1) is 20.8 Å². The van der Waals surface area contributed by atoms with E-state index in [1.807, 2.05) is 39.0 Å². The highest BCUT2D eigenvalue weighted by Gasteiger charge is 2.09. The third-order valence-corrected chi connectivity index (χ3v) is 3.59. The van der Waals surface area contributed by atoms with Crippen LogP contribution in [0.4, 0.5) is 0 Å². The summed E-state index contributed by atoms with van der Waals surface area (Å²) in [6, 6.07) is 5.78. The SMILES string of the molecule is Cc1nc(SCC(=O)c2ccc(C)c(C)c2)n[nH]1. The summed E-state index contributed by atoms with van der Waals surface area (Å²) in [5.74, 6) is 1.22. The summed E-state index contributed by atoms with van der Waals surface area (Å²) in [5.41, 5.74) is 3.08. The quantitative estimate of drug-likeness (QED) is 0.679. The minimum atomic E-state index is 0.102. The number of hydrogen-bond donors (Lipinski definition) is 1. The average Bonchev–Trinajstić information content (AvgIpc) is 2.75. The normalized spacial score (nSPS) is 10.6. The summed E-state index contributed by atoms with van der Waals surface area (Å²) in [7, 11) is 0. The van der Waals surface area contributed by atoms with Crippen LogP contribution in [0.2, 0.25) is 0 Å². The average molecular weight is 261 g/mol. The largest absolute Gasteiger partial charge is 0.293 e. The van der Waals surface area contributed by atoms with Crippen molar-refractivity contribution in [1.29, 1.82) is 0 Å². The maximum absolute atomic E-state index is 12.0. The molecular formula is C13H15N3OS. The van der Waals surface area contributed by atoms with Gasteiger partial charge in [-0.25, -0.2) is 4.98 Å². The van der Waals surface area contributed by atoms with Gasteiger partial charge < -0.3 is 0 Å². The summed E-state index contributed by atoms with van der Waals surface area (Å²) in [6.45, 7) is 5.88. The van der Waals surface area contributed by atoms with Crippen LogP contribution >= 0.6 is 11.8 Å². The highest BCUT2D eigenvalue weighted by atomic mass is 32.2.